The number of guanidine groups is 1. The first-order valence-electron chi connectivity index (χ1n) is 10.0. The van der Waals surface area contributed by atoms with Crippen LogP contribution < -0.4 is 16.4 Å². The molecule has 0 fully saturated rings. The average Bonchev–Trinajstić information content (AvgIpc) is 3.04. The fourth-order valence-corrected chi connectivity index (χ4v) is 2.90. The number of anilines is 2. The fraction of sp³-hybridized carbons (Fsp3) is 0.167. The molecule has 1 aromatic carbocycles. The SMILES string of the molecule is C=CNC(N=CC1C=NC=CC1)=NCC1=CC=C(C(=O)Nc2ccccc2N)C=CC1. The van der Waals surface area contributed by atoms with Gasteiger partial charge < -0.3 is 16.4 Å². The molecule has 1 aliphatic carbocycles. The third-order valence-corrected chi connectivity index (χ3v) is 4.58. The number of rotatable bonds is 6. The second kappa shape index (κ2) is 11.3. The molecule has 1 aliphatic heterocycles. The number of nitrogen functional groups attached to an aromatic ring is 1. The van der Waals surface area contributed by atoms with Gasteiger partial charge >= 0.3 is 0 Å². The van der Waals surface area contributed by atoms with Crippen LogP contribution in [0.4, 0.5) is 11.4 Å². The third kappa shape index (κ3) is 6.78. The number of carbonyl (C=O) groups is 1. The van der Waals surface area contributed by atoms with Crippen molar-refractivity contribution < 1.29 is 4.79 Å². The predicted molar refractivity (Wildman–Crippen MR) is 129 cm³/mol. The molecule has 2 aliphatic rings. The van der Waals surface area contributed by atoms with Crippen molar-refractivity contribution in [3.63, 3.8) is 0 Å². The van der Waals surface area contributed by atoms with Crippen molar-refractivity contribution in [2.75, 3.05) is 17.6 Å². The molecular weight excluding hydrogens is 388 g/mol. The Morgan fingerprint density at radius 1 is 1.29 bits per heavy atom. The monoisotopic (exact) mass is 414 g/mol. The van der Waals surface area contributed by atoms with E-state index >= 15 is 0 Å². The zero-order valence-corrected chi connectivity index (χ0v) is 17.2. The molecule has 1 unspecified atom stereocenters. The number of para-hydroxylation sites is 2. The first kappa shape index (κ1) is 21.7. The molecule has 1 atom stereocenters. The standard InChI is InChI=1S/C24H26N6O/c1-2-27-24(29-17-19-8-6-14-26-15-19)28-16-18-7-5-9-20(13-12-18)23(31)30-22-11-4-3-10-21(22)25/h2-6,9-15,17,19H,1,7-8,16,25H2,(H,27,28)(H,30,31). The summed E-state index contributed by atoms with van der Waals surface area (Å²) in [6, 6.07) is 7.17. The second-order valence-electron chi connectivity index (χ2n) is 6.94. The average molecular weight is 415 g/mol. The smallest absolute Gasteiger partial charge is 0.255 e. The second-order valence-corrected chi connectivity index (χ2v) is 6.94. The number of amides is 1. The molecule has 0 spiro atoms. The van der Waals surface area contributed by atoms with Crippen LogP contribution in [0.1, 0.15) is 12.8 Å². The maximum atomic E-state index is 12.6. The summed E-state index contributed by atoms with van der Waals surface area (Å²) >= 11 is 0. The summed E-state index contributed by atoms with van der Waals surface area (Å²) in [5.74, 6) is 0.426. The molecule has 7 nitrogen and oxygen atoms in total. The molecule has 1 amide bonds. The van der Waals surface area contributed by atoms with Crippen molar-refractivity contribution in [1.82, 2.24) is 5.32 Å². The Bertz CT molecular complexity index is 1030. The van der Waals surface area contributed by atoms with E-state index in [1.165, 1.54) is 0 Å². The highest BCUT2D eigenvalue weighted by Crippen LogP contribution is 2.19. The van der Waals surface area contributed by atoms with Crippen LogP contribution in [0, 0.1) is 5.92 Å². The molecule has 0 aromatic heterocycles. The van der Waals surface area contributed by atoms with Crippen LogP contribution in [0.2, 0.25) is 0 Å². The van der Waals surface area contributed by atoms with Crippen LogP contribution >= 0.6 is 0 Å². The van der Waals surface area contributed by atoms with E-state index in [0.717, 1.165) is 12.0 Å². The number of hydrogen-bond acceptors (Lipinski definition) is 4. The van der Waals surface area contributed by atoms with E-state index in [4.69, 9.17) is 5.73 Å². The summed E-state index contributed by atoms with van der Waals surface area (Å²) < 4.78 is 0. The largest absolute Gasteiger partial charge is 0.397 e. The molecule has 7 heteroatoms. The fourth-order valence-electron chi connectivity index (χ4n) is 2.90. The van der Waals surface area contributed by atoms with Gasteiger partial charge in [-0.3, -0.25) is 9.79 Å². The zero-order chi connectivity index (χ0) is 21.9. The van der Waals surface area contributed by atoms with E-state index in [9.17, 15) is 4.79 Å². The van der Waals surface area contributed by atoms with E-state index in [-0.39, 0.29) is 11.8 Å². The molecule has 4 N–H and O–H groups in total. The Balaban J connectivity index is 1.64. The topological polar surface area (TPSA) is 104 Å². The summed E-state index contributed by atoms with van der Waals surface area (Å²) in [6.07, 6.45) is 18.0. The van der Waals surface area contributed by atoms with Gasteiger partial charge in [-0.25, -0.2) is 9.98 Å². The quantitative estimate of drug-likeness (QED) is 0.375. The molecule has 1 heterocycles. The molecule has 3 rings (SSSR count). The van der Waals surface area contributed by atoms with Gasteiger partial charge in [0.15, 0.2) is 0 Å². The first-order chi connectivity index (χ1) is 15.2. The minimum Gasteiger partial charge on any atom is -0.397 e. The third-order valence-electron chi connectivity index (χ3n) is 4.58. The van der Waals surface area contributed by atoms with Gasteiger partial charge in [0, 0.05) is 30.1 Å². The van der Waals surface area contributed by atoms with Gasteiger partial charge in [0.1, 0.15) is 0 Å². The van der Waals surface area contributed by atoms with Crippen molar-refractivity contribution in [2.24, 2.45) is 20.9 Å². The highest BCUT2D eigenvalue weighted by atomic mass is 16.1. The molecule has 0 radical (unpaired) electrons. The van der Waals surface area contributed by atoms with Crippen LogP contribution in [0.25, 0.3) is 0 Å². The highest BCUT2D eigenvalue weighted by molar-refractivity contribution is 6.07. The van der Waals surface area contributed by atoms with Gasteiger partial charge in [-0.2, -0.15) is 0 Å². The number of nitrogens with two attached hydrogens (primary N) is 1. The lowest BCUT2D eigenvalue weighted by atomic mass is 10.1. The summed E-state index contributed by atoms with van der Waals surface area (Å²) in [5, 5.41) is 5.80. The van der Waals surface area contributed by atoms with Crippen molar-refractivity contribution in [2.45, 2.75) is 12.8 Å². The number of nitrogens with zero attached hydrogens (tertiary/aromatic N) is 3. The van der Waals surface area contributed by atoms with Gasteiger partial charge in [-0.1, -0.05) is 43.0 Å². The first-order valence-corrected chi connectivity index (χ1v) is 10.0. The number of nitrogens with one attached hydrogen (secondary N) is 2. The van der Waals surface area contributed by atoms with Crippen LogP contribution in [0.3, 0.4) is 0 Å². The van der Waals surface area contributed by atoms with Gasteiger partial charge in [0.2, 0.25) is 5.96 Å². The summed E-state index contributed by atoms with van der Waals surface area (Å²) in [7, 11) is 0. The van der Waals surface area contributed by atoms with Gasteiger partial charge in [-0.15, -0.1) is 0 Å². The summed E-state index contributed by atoms with van der Waals surface area (Å²) in [5.41, 5.74) is 8.63. The molecule has 31 heavy (non-hydrogen) atoms. The maximum absolute atomic E-state index is 12.6. The number of benzene rings is 1. The van der Waals surface area contributed by atoms with E-state index < -0.39 is 0 Å². The summed E-state index contributed by atoms with van der Waals surface area (Å²) in [4.78, 5) is 25.7. The van der Waals surface area contributed by atoms with Crippen LogP contribution in [-0.2, 0) is 4.79 Å². The lowest BCUT2D eigenvalue weighted by molar-refractivity contribution is -0.112. The number of aliphatic imine (C=N–C) groups is 3. The van der Waals surface area contributed by atoms with E-state index in [1.54, 1.807) is 36.7 Å². The normalized spacial score (nSPS) is 18.3. The Labute approximate surface area is 182 Å². The van der Waals surface area contributed by atoms with Gasteiger partial charge in [-0.05, 0) is 42.8 Å². The van der Waals surface area contributed by atoms with Gasteiger partial charge in [0.05, 0.1) is 17.9 Å². The van der Waals surface area contributed by atoms with Crippen LogP contribution in [0.15, 0.2) is 99.7 Å². The van der Waals surface area contributed by atoms with Crippen LogP contribution in [0.5, 0.6) is 0 Å². The van der Waals surface area contributed by atoms with Crippen LogP contribution in [-0.4, -0.2) is 30.8 Å². The van der Waals surface area contributed by atoms with E-state index in [1.807, 2.05) is 42.8 Å². The maximum Gasteiger partial charge on any atom is 0.255 e. The Hall–Kier alpha value is -4.00. The lowest BCUT2D eigenvalue weighted by Gasteiger charge is -2.07. The number of hydrogen-bond donors (Lipinski definition) is 3. The Morgan fingerprint density at radius 3 is 2.94 bits per heavy atom. The molecule has 0 saturated heterocycles. The molecule has 158 valence electrons. The molecule has 0 bridgehead atoms. The molecular formula is C24H26N6O. The molecule has 0 saturated carbocycles. The van der Waals surface area contributed by atoms with Crippen molar-refractivity contribution in [3.05, 3.63) is 84.8 Å². The van der Waals surface area contributed by atoms with Crippen molar-refractivity contribution in [3.8, 4) is 0 Å². The van der Waals surface area contributed by atoms with Crippen molar-refractivity contribution in [1.29, 1.82) is 0 Å². The minimum atomic E-state index is -0.211. The number of carbonyl (C=O) groups excluding carboxylic acids is 1. The zero-order valence-electron chi connectivity index (χ0n) is 17.2. The predicted octanol–water partition coefficient (Wildman–Crippen LogP) is 3.78. The lowest BCUT2D eigenvalue weighted by Crippen LogP contribution is -2.17. The van der Waals surface area contributed by atoms with E-state index in [0.29, 0.717) is 35.9 Å². The minimum absolute atomic E-state index is 0.157. The Morgan fingerprint density at radius 2 is 2.16 bits per heavy atom. The van der Waals surface area contributed by atoms with Crippen molar-refractivity contribution >= 4 is 35.7 Å². The van der Waals surface area contributed by atoms with E-state index in [2.05, 4.69) is 32.2 Å². The number of allylic oxidation sites excluding steroid dienone is 4. The highest BCUT2D eigenvalue weighted by Gasteiger charge is 2.10. The summed E-state index contributed by atoms with van der Waals surface area (Å²) in [6.45, 7) is 4.13. The molecule has 1 aromatic rings. The Kier molecular flexibility index (Phi) is 7.88. The van der Waals surface area contributed by atoms with Gasteiger partial charge in [0.25, 0.3) is 5.91 Å².